The molecule has 0 aliphatic carbocycles. The van der Waals surface area contributed by atoms with Gasteiger partial charge in [-0.25, -0.2) is 0 Å². The van der Waals surface area contributed by atoms with Crippen LogP contribution in [0.4, 0.5) is 0 Å². The number of unbranched alkanes of at least 4 members (excludes halogenated alkanes) is 6. The summed E-state index contributed by atoms with van der Waals surface area (Å²) in [5.41, 5.74) is 5.84. The lowest BCUT2D eigenvalue weighted by Gasteiger charge is -2.00. The van der Waals surface area contributed by atoms with Crippen molar-refractivity contribution in [2.45, 2.75) is 58.3 Å². The highest BCUT2D eigenvalue weighted by atomic mass is 16.6. The van der Waals surface area contributed by atoms with E-state index in [4.69, 9.17) is 5.73 Å². The Morgan fingerprint density at radius 1 is 1.20 bits per heavy atom. The molecule has 0 aromatic heterocycles. The fourth-order valence-electron chi connectivity index (χ4n) is 1.49. The van der Waals surface area contributed by atoms with Crippen LogP contribution >= 0.6 is 0 Å². The van der Waals surface area contributed by atoms with E-state index < -0.39 is 4.92 Å². The van der Waals surface area contributed by atoms with Crippen LogP contribution in [0.25, 0.3) is 0 Å². The summed E-state index contributed by atoms with van der Waals surface area (Å²) in [5.74, 6) is 0. The summed E-state index contributed by atoms with van der Waals surface area (Å²) in [6.07, 6.45) is 9.99. The Balaban J connectivity index is 3.27. The third-order valence-electron chi connectivity index (χ3n) is 2.34. The van der Waals surface area contributed by atoms with Crippen LogP contribution in [-0.2, 0) is 0 Å². The van der Waals surface area contributed by atoms with Gasteiger partial charge < -0.3 is 5.73 Å². The molecule has 4 heteroatoms. The van der Waals surface area contributed by atoms with Gasteiger partial charge in [0.25, 0.3) is 6.20 Å². The van der Waals surface area contributed by atoms with Gasteiger partial charge >= 0.3 is 0 Å². The molecule has 88 valence electrons. The predicted octanol–water partition coefficient (Wildman–Crippen LogP) is 3.20. The van der Waals surface area contributed by atoms with Crippen LogP contribution < -0.4 is 5.73 Å². The summed E-state index contributed by atoms with van der Waals surface area (Å²) in [4.78, 5) is 9.58. The first-order valence-corrected chi connectivity index (χ1v) is 5.76. The second-order valence-corrected chi connectivity index (χ2v) is 3.86. The lowest BCUT2D eigenvalue weighted by atomic mass is 10.1. The maximum Gasteiger partial charge on any atom is 0.252 e. The maximum absolute atomic E-state index is 10.1. The van der Waals surface area contributed by atoms with Crippen molar-refractivity contribution >= 4 is 0 Å². The van der Waals surface area contributed by atoms with Gasteiger partial charge in [0, 0.05) is 0 Å². The van der Waals surface area contributed by atoms with Gasteiger partial charge in [-0.2, -0.15) is 0 Å². The Hall–Kier alpha value is -1.06. The van der Waals surface area contributed by atoms with E-state index in [0.717, 1.165) is 19.0 Å². The fraction of sp³-hybridized carbons (Fsp3) is 0.818. The highest BCUT2D eigenvalue weighted by Gasteiger charge is 1.97. The number of hydrogen-bond donors (Lipinski definition) is 1. The van der Waals surface area contributed by atoms with E-state index in [1.165, 1.54) is 32.1 Å². The van der Waals surface area contributed by atoms with E-state index in [1.807, 2.05) is 0 Å². The van der Waals surface area contributed by atoms with E-state index in [0.29, 0.717) is 12.1 Å². The minimum Gasteiger partial charge on any atom is -0.397 e. The van der Waals surface area contributed by atoms with Crippen LogP contribution in [-0.4, -0.2) is 4.92 Å². The number of rotatable bonds is 9. The van der Waals surface area contributed by atoms with Crippen molar-refractivity contribution in [2.75, 3.05) is 0 Å². The minimum absolute atomic E-state index is 0.383. The first-order chi connectivity index (χ1) is 7.16. The molecule has 0 aromatic carbocycles. The summed E-state index contributed by atoms with van der Waals surface area (Å²) >= 11 is 0. The van der Waals surface area contributed by atoms with Crippen LogP contribution in [0.5, 0.6) is 0 Å². The van der Waals surface area contributed by atoms with Crippen molar-refractivity contribution in [1.29, 1.82) is 0 Å². The Morgan fingerprint density at radius 3 is 2.27 bits per heavy atom. The number of nitro groups is 1. The lowest BCUT2D eigenvalue weighted by Crippen LogP contribution is -2.00. The molecular weight excluding hydrogens is 192 g/mol. The van der Waals surface area contributed by atoms with Gasteiger partial charge in [-0.15, -0.1) is 0 Å². The summed E-state index contributed by atoms with van der Waals surface area (Å²) in [7, 11) is 0. The van der Waals surface area contributed by atoms with E-state index in [2.05, 4.69) is 6.92 Å². The Morgan fingerprint density at radius 2 is 1.73 bits per heavy atom. The van der Waals surface area contributed by atoms with Gasteiger partial charge in [0.1, 0.15) is 0 Å². The average Bonchev–Trinajstić information content (AvgIpc) is 2.15. The molecule has 0 radical (unpaired) electrons. The van der Waals surface area contributed by atoms with E-state index >= 15 is 0 Å². The molecule has 0 amide bonds. The quantitative estimate of drug-likeness (QED) is 0.364. The Bertz CT molecular complexity index is 203. The summed E-state index contributed by atoms with van der Waals surface area (Å²) in [6.45, 7) is 2.20. The SMILES string of the molecule is CCCCCCCCC/C(N)=C/[N+](=O)[O-]. The van der Waals surface area contributed by atoms with Gasteiger partial charge in [0.15, 0.2) is 0 Å². The number of nitrogens with two attached hydrogens (primary N) is 1. The molecule has 0 unspecified atom stereocenters. The minimum atomic E-state index is -0.490. The smallest absolute Gasteiger partial charge is 0.252 e. The number of hydrogen-bond acceptors (Lipinski definition) is 3. The van der Waals surface area contributed by atoms with Gasteiger partial charge in [0.05, 0.1) is 10.6 Å². The third-order valence-corrected chi connectivity index (χ3v) is 2.34. The normalized spacial score (nSPS) is 11.7. The largest absolute Gasteiger partial charge is 0.397 e. The Labute approximate surface area is 91.7 Å². The molecule has 0 atom stereocenters. The van der Waals surface area contributed by atoms with Crippen LogP contribution in [0, 0.1) is 10.1 Å². The molecule has 0 bridgehead atoms. The average molecular weight is 214 g/mol. The van der Waals surface area contributed by atoms with Crippen molar-refractivity contribution in [3.05, 3.63) is 22.0 Å². The first kappa shape index (κ1) is 13.9. The molecule has 0 spiro atoms. The topological polar surface area (TPSA) is 69.2 Å². The predicted molar refractivity (Wildman–Crippen MR) is 61.9 cm³/mol. The summed E-state index contributed by atoms with van der Waals surface area (Å²) in [5, 5.41) is 10.1. The second kappa shape index (κ2) is 9.49. The molecule has 0 saturated heterocycles. The van der Waals surface area contributed by atoms with E-state index in [9.17, 15) is 10.1 Å². The molecule has 4 nitrogen and oxygen atoms in total. The van der Waals surface area contributed by atoms with E-state index in [1.54, 1.807) is 0 Å². The summed E-state index contributed by atoms with van der Waals surface area (Å²) < 4.78 is 0. The zero-order valence-electron chi connectivity index (χ0n) is 9.58. The molecule has 0 aromatic rings. The molecular formula is C11H22N2O2. The zero-order valence-corrected chi connectivity index (χ0v) is 9.58. The molecule has 0 aliphatic rings. The fourth-order valence-corrected chi connectivity index (χ4v) is 1.49. The molecule has 0 rings (SSSR count). The van der Waals surface area contributed by atoms with Crippen molar-refractivity contribution in [1.82, 2.24) is 0 Å². The van der Waals surface area contributed by atoms with Gasteiger partial charge in [0.2, 0.25) is 0 Å². The summed E-state index contributed by atoms with van der Waals surface area (Å²) in [6, 6.07) is 0. The van der Waals surface area contributed by atoms with Crippen molar-refractivity contribution in [3.8, 4) is 0 Å². The van der Waals surface area contributed by atoms with Gasteiger partial charge in [-0.05, 0) is 12.8 Å². The highest BCUT2D eigenvalue weighted by Crippen LogP contribution is 2.09. The third kappa shape index (κ3) is 10.9. The van der Waals surface area contributed by atoms with E-state index in [-0.39, 0.29) is 0 Å². The molecule has 0 saturated carbocycles. The van der Waals surface area contributed by atoms with Crippen LogP contribution in [0.2, 0.25) is 0 Å². The van der Waals surface area contributed by atoms with Gasteiger partial charge in [-0.3, -0.25) is 10.1 Å². The van der Waals surface area contributed by atoms with Crippen LogP contribution in [0.1, 0.15) is 58.3 Å². The molecule has 0 aliphatic heterocycles. The second-order valence-electron chi connectivity index (χ2n) is 3.86. The lowest BCUT2D eigenvalue weighted by molar-refractivity contribution is -0.403. The highest BCUT2D eigenvalue weighted by molar-refractivity contribution is 4.89. The molecule has 15 heavy (non-hydrogen) atoms. The first-order valence-electron chi connectivity index (χ1n) is 5.76. The standard InChI is InChI=1S/C11H22N2O2/c1-2-3-4-5-6-7-8-9-11(12)10-13(14)15/h10H,2-9,12H2,1H3/b11-10-. The zero-order chi connectivity index (χ0) is 11.5. The van der Waals surface area contributed by atoms with Crippen molar-refractivity contribution in [3.63, 3.8) is 0 Å². The van der Waals surface area contributed by atoms with Crippen LogP contribution in [0.3, 0.4) is 0 Å². The number of nitrogens with zero attached hydrogens (tertiary/aromatic N) is 1. The molecule has 2 N–H and O–H groups in total. The molecule has 0 heterocycles. The monoisotopic (exact) mass is 214 g/mol. The van der Waals surface area contributed by atoms with Gasteiger partial charge in [-0.1, -0.05) is 45.4 Å². The number of allylic oxidation sites excluding steroid dienone is 1. The van der Waals surface area contributed by atoms with Crippen LogP contribution in [0.15, 0.2) is 11.9 Å². The molecule has 0 fully saturated rings. The maximum atomic E-state index is 10.1. The Kier molecular flexibility index (Phi) is 8.82. The van der Waals surface area contributed by atoms with Crippen molar-refractivity contribution < 1.29 is 4.92 Å². The van der Waals surface area contributed by atoms with Crippen molar-refractivity contribution in [2.24, 2.45) is 5.73 Å².